The second-order valence-electron chi connectivity index (χ2n) is 14.8. The molecule has 0 unspecified atom stereocenters. The van der Waals surface area contributed by atoms with Gasteiger partial charge in [-0.15, -0.1) is 20.4 Å². The molecule has 8 aromatic rings. The molecule has 0 atom stereocenters. The van der Waals surface area contributed by atoms with Gasteiger partial charge in [-0.1, -0.05) is 80.4 Å². The average Bonchev–Trinajstić information content (AvgIpc) is 4.12. The van der Waals surface area contributed by atoms with Gasteiger partial charge in [-0.3, -0.25) is 18.7 Å². The highest BCUT2D eigenvalue weighted by Gasteiger charge is 2.24. The van der Waals surface area contributed by atoms with E-state index in [-0.39, 0.29) is 11.1 Å². The number of halogens is 2. The van der Waals surface area contributed by atoms with Crippen LogP contribution in [0.1, 0.15) is 36.8 Å². The SMILES string of the molecule is COc1ccc(Cn2c(=O)c3cc(Br)ccc3n3c(N4CCCC4)nnc23)cc1OC.O=c1c2cc(Br)ccc2n2c(N3CCCC3)nnc2n1CC=Cc1ccccc1. The second kappa shape index (κ2) is 16.9. The molecule has 2 saturated heterocycles. The number of ether oxygens (including phenoxy) is 2. The van der Waals surface area contributed by atoms with E-state index in [4.69, 9.17) is 9.47 Å². The number of fused-ring (bicyclic) bond motifs is 6. The minimum absolute atomic E-state index is 0.0631. The first kappa shape index (κ1) is 39.5. The van der Waals surface area contributed by atoms with Crippen LogP contribution in [0.4, 0.5) is 11.9 Å². The van der Waals surface area contributed by atoms with Crippen LogP contribution in [0.3, 0.4) is 0 Å². The first-order valence-electron chi connectivity index (χ1n) is 19.9. The van der Waals surface area contributed by atoms with Gasteiger partial charge in [-0.05, 0) is 85.3 Å². The molecular weight excluding hydrogens is 892 g/mol. The van der Waals surface area contributed by atoms with Crippen LogP contribution in [0.2, 0.25) is 0 Å². The first-order valence-corrected chi connectivity index (χ1v) is 21.5. The molecule has 16 heteroatoms. The summed E-state index contributed by atoms with van der Waals surface area (Å²) in [5.41, 5.74) is 3.47. The van der Waals surface area contributed by atoms with E-state index >= 15 is 0 Å². The Morgan fingerprint density at radius 3 is 1.70 bits per heavy atom. The highest BCUT2D eigenvalue weighted by atomic mass is 79.9. The van der Waals surface area contributed by atoms with Crippen molar-refractivity contribution >= 4 is 83.2 Å². The Morgan fingerprint density at radius 2 is 1.15 bits per heavy atom. The maximum absolute atomic E-state index is 13.5. The monoisotopic (exact) mass is 932 g/mol. The molecule has 0 saturated carbocycles. The molecule has 2 fully saturated rings. The first-order chi connectivity index (χ1) is 29.3. The van der Waals surface area contributed by atoms with Gasteiger partial charge >= 0.3 is 0 Å². The molecular formula is C44H42Br2N10O4. The number of allylic oxidation sites excluding steroid dienone is 1. The van der Waals surface area contributed by atoms with Gasteiger partial charge < -0.3 is 19.3 Å². The Hall–Kier alpha value is -6.00. The molecule has 4 aromatic heterocycles. The minimum atomic E-state index is -0.112. The minimum Gasteiger partial charge on any atom is -0.493 e. The van der Waals surface area contributed by atoms with E-state index in [1.807, 2.05) is 106 Å². The summed E-state index contributed by atoms with van der Waals surface area (Å²) in [6, 6.07) is 27.2. The van der Waals surface area contributed by atoms with Crippen LogP contribution < -0.4 is 30.4 Å². The lowest BCUT2D eigenvalue weighted by molar-refractivity contribution is 0.354. The smallest absolute Gasteiger partial charge is 0.263 e. The van der Waals surface area contributed by atoms with E-state index in [1.165, 1.54) is 0 Å². The topological polar surface area (TPSA) is 129 Å². The maximum atomic E-state index is 13.5. The van der Waals surface area contributed by atoms with E-state index in [0.717, 1.165) is 94.9 Å². The van der Waals surface area contributed by atoms with E-state index in [2.05, 4.69) is 62.1 Å². The summed E-state index contributed by atoms with van der Waals surface area (Å²) in [7, 11) is 3.20. The van der Waals surface area contributed by atoms with Crippen LogP contribution in [0.15, 0.2) is 110 Å². The third-order valence-electron chi connectivity index (χ3n) is 11.1. The van der Waals surface area contributed by atoms with Crippen LogP contribution in [0.5, 0.6) is 11.5 Å². The highest BCUT2D eigenvalue weighted by molar-refractivity contribution is 9.10. The molecule has 4 aromatic carbocycles. The van der Waals surface area contributed by atoms with Crippen LogP contribution in [-0.2, 0) is 13.1 Å². The molecule has 2 aliphatic heterocycles. The molecule has 14 nitrogen and oxygen atoms in total. The Labute approximate surface area is 361 Å². The molecule has 2 aliphatic rings. The lowest BCUT2D eigenvalue weighted by Gasteiger charge is -2.17. The van der Waals surface area contributed by atoms with Gasteiger partial charge in [0.1, 0.15) is 0 Å². The molecule has 0 amide bonds. The van der Waals surface area contributed by atoms with Gasteiger partial charge in [0, 0.05) is 41.7 Å². The zero-order valence-corrected chi connectivity index (χ0v) is 36.3. The van der Waals surface area contributed by atoms with E-state index in [9.17, 15) is 9.59 Å². The van der Waals surface area contributed by atoms with Crippen LogP contribution in [0, 0.1) is 0 Å². The summed E-state index contributed by atoms with van der Waals surface area (Å²) in [5.74, 6) is 3.95. The standard InChI is InChI=1S/C22H22BrN5O3.C22H20BrN5O/c1-30-18-8-5-14(11-19(18)31-2)13-27-20(29)16-12-15(23)6-7-17(16)28-21(24-25-22(27)28)26-9-3-4-10-26;23-17-10-11-19-18(15-17)20(29)27(14-6-9-16-7-2-1-3-8-16)22-25-24-21(28(19)22)26-12-4-5-13-26/h5-8,11-12H,3-4,9-10,13H2,1-2H3;1-3,6-11,15H,4-5,12-14H2. The van der Waals surface area contributed by atoms with Crippen LogP contribution in [0.25, 0.3) is 39.4 Å². The summed E-state index contributed by atoms with van der Waals surface area (Å²) < 4.78 is 19.9. The number of methoxy groups -OCH3 is 2. The van der Waals surface area contributed by atoms with Crippen molar-refractivity contribution in [2.75, 3.05) is 50.2 Å². The molecule has 0 N–H and O–H groups in total. The molecule has 0 aliphatic carbocycles. The van der Waals surface area contributed by atoms with Crippen molar-refractivity contribution in [2.45, 2.75) is 38.8 Å². The summed E-state index contributed by atoms with van der Waals surface area (Å²) in [6.07, 6.45) is 8.57. The number of hydrogen-bond donors (Lipinski definition) is 0. The van der Waals surface area contributed by atoms with Gasteiger partial charge in [0.25, 0.3) is 11.1 Å². The maximum Gasteiger partial charge on any atom is 0.263 e. The number of nitrogens with zero attached hydrogens (tertiary/aromatic N) is 10. The Morgan fingerprint density at radius 1 is 0.617 bits per heavy atom. The number of benzene rings is 4. The third-order valence-corrected chi connectivity index (χ3v) is 12.0. The number of hydrogen-bond acceptors (Lipinski definition) is 10. The van der Waals surface area contributed by atoms with E-state index < -0.39 is 0 Å². The highest BCUT2D eigenvalue weighted by Crippen LogP contribution is 2.30. The van der Waals surface area contributed by atoms with Crippen molar-refractivity contribution < 1.29 is 9.47 Å². The van der Waals surface area contributed by atoms with Crippen molar-refractivity contribution in [1.29, 1.82) is 0 Å². The number of anilines is 2. The predicted molar refractivity (Wildman–Crippen MR) is 242 cm³/mol. The van der Waals surface area contributed by atoms with E-state index in [1.54, 1.807) is 23.4 Å². The fourth-order valence-corrected chi connectivity index (χ4v) is 8.83. The quantitative estimate of drug-likeness (QED) is 0.143. The summed E-state index contributed by atoms with van der Waals surface area (Å²) in [6.45, 7) is 4.57. The molecule has 0 bridgehead atoms. The Balaban J connectivity index is 0.000000154. The largest absolute Gasteiger partial charge is 0.493 e. The molecule has 6 heterocycles. The van der Waals surface area contributed by atoms with Crippen molar-refractivity contribution in [1.82, 2.24) is 38.3 Å². The lowest BCUT2D eigenvalue weighted by atomic mass is 10.2. The predicted octanol–water partition coefficient (Wildman–Crippen LogP) is 7.59. The lowest BCUT2D eigenvalue weighted by Crippen LogP contribution is -2.26. The normalized spacial score (nSPS) is 14.3. The fourth-order valence-electron chi connectivity index (χ4n) is 8.11. The molecule has 0 spiro atoms. The molecule has 10 rings (SSSR count). The average molecular weight is 935 g/mol. The van der Waals surface area contributed by atoms with E-state index in [0.29, 0.717) is 46.9 Å². The van der Waals surface area contributed by atoms with Crippen LogP contribution in [-0.4, -0.2) is 78.7 Å². The van der Waals surface area contributed by atoms with Gasteiger partial charge in [0.2, 0.25) is 23.5 Å². The van der Waals surface area contributed by atoms with Gasteiger partial charge in [-0.25, -0.2) is 8.80 Å². The zero-order chi connectivity index (χ0) is 41.3. The Kier molecular flexibility index (Phi) is 11.1. The number of aromatic nitrogens is 8. The molecule has 306 valence electrons. The third kappa shape index (κ3) is 7.42. The van der Waals surface area contributed by atoms with Gasteiger partial charge in [0.15, 0.2) is 11.5 Å². The fraction of sp³-hybridized carbons (Fsp3) is 0.273. The van der Waals surface area contributed by atoms with Gasteiger partial charge in [0.05, 0.1) is 42.6 Å². The van der Waals surface area contributed by atoms with Crippen LogP contribution >= 0.6 is 31.9 Å². The molecule has 0 radical (unpaired) electrons. The number of rotatable bonds is 9. The van der Waals surface area contributed by atoms with Crippen molar-refractivity contribution in [3.8, 4) is 11.5 Å². The van der Waals surface area contributed by atoms with Crippen molar-refractivity contribution in [3.63, 3.8) is 0 Å². The second-order valence-corrected chi connectivity index (χ2v) is 16.6. The summed E-state index contributed by atoms with van der Waals surface area (Å²) in [4.78, 5) is 31.3. The summed E-state index contributed by atoms with van der Waals surface area (Å²) in [5, 5.41) is 19.1. The van der Waals surface area contributed by atoms with Gasteiger partial charge in [-0.2, -0.15) is 0 Å². The zero-order valence-electron chi connectivity index (χ0n) is 33.2. The van der Waals surface area contributed by atoms with Crippen molar-refractivity contribution in [3.05, 3.63) is 132 Å². The molecule has 60 heavy (non-hydrogen) atoms. The van der Waals surface area contributed by atoms with Crippen molar-refractivity contribution in [2.24, 2.45) is 0 Å². The summed E-state index contributed by atoms with van der Waals surface area (Å²) >= 11 is 7.00. The Bertz CT molecular complexity index is 3020.